The monoisotopic (exact) mass is 209 g/mol. The van der Waals surface area contributed by atoms with Gasteiger partial charge in [-0.15, -0.1) is 0 Å². The summed E-state index contributed by atoms with van der Waals surface area (Å²) in [5.74, 6) is 1.06. The Bertz CT molecular complexity index is 334. The van der Waals surface area contributed by atoms with Crippen molar-refractivity contribution in [3.05, 3.63) is 23.8 Å². The molecule has 84 valence electrons. The van der Waals surface area contributed by atoms with Crippen molar-refractivity contribution in [1.82, 2.24) is 0 Å². The van der Waals surface area contributed by atoms with Crippen molar-refractivity contribution in [1.29, 1.82) is 0 Å². The number of methoxy groups -OCH3 is 1. The van der Waals surface area contributed by atoms with Crippen LogP contribution in [0.2, 0.25) is 0 Å². The lowest BCUT2D eigenvalue weighted by atomic mass is 9.85. The van der Waals surface area contributed by atoms with Crippen LogP contribution in [0.5, 0.6) is 11.5 Å². The summed E-state index contributed by atoms with van der Waals surface area (Å²) >= 11 is 0. The van der Waals surface area contributed by atoms with Gasteiger partial charge >= 0.3 is 0 Å². The van der Waals surface area contributed by atoms with Gasteiger partial charge in [-0.2, -0.15) is 0 Å². The Kier molecular flexibility index (Phi) is 3.58. The van der Waals surface area contributed by atoms with Crippen LogP contribution in [0.4, 0.5) is 0 Å². The van der Waals surface area contributed by atoms with E-state index in [1.54, 1.807) is 19.2 Å². The van der Waals surface area contributed by atoms with Crippen molar-refractivity contribution in [3.8, 4) is 11.5 Å². The second kappa shape index (κ2) is 4.53. The Balaban J connectivity index is 2.93. The van der Waals surface area contributed by atoms with Crippen molar-refractivity contribution < 1.29 is 9.84 Å². The Labute approximate surface area is 90.9 Å². The molecule has 0 bridgehead atoms. The lowest BCUT2D eigenvalue weighted by Crippen LogP contribution is -2.25. The van der Waals surface area contributed by atoms with Crippen LogP contribution >= 0.6 is 0 Å². The van der Waals surface area contributed by atoms with E-state index in [1.165, 1.54) is 0 Å². The topological polar surface area (TPSA) is 55.5 Å². The molecule has 0 atom stereocenters. The third-order valence-corrected chi connectivity index (χ3v) is 2.51. The van der Waals surface area contributed by atoms with E-state index < -0.39 is 0 Å². The number of benzene rings is 1. The van der Waals surface area contributed by atoms with Crippen LogP contribution in [0.3, 0.4) is 0 Å². The number of phenols is 1. The van der Waals surface area contributed by atoms with Gasteiger partial charge in [0.15, 0.2) is 0 Å². The van der Waals surface area contributed by atoms with E-state index in [1.807, 2.05) is 6.07 Å². The summed E-state index contributed by atoms with van der Waals surface area (Å²) in [6.45, 7) is 4.74. The quantitative estimate of drug-likeness (QED) is 0.796. The number of hydrogen-bond donors (Lipinski definition) is 2. The van der Waals surface area contributed by atoms with E-state index in [9.17, 15) is 5.11 Å². The molecule has 3 heteroatoms. The first-order valence-corrected chi connectivity index (χ1v) is 5.04. The second-order valence-corrected chi connectivity index (χ2v) is 4.54. The largest absolute Gasteiger partial charge is 0.508 e. The number of phenolic OH excluding ortho intramolecular Hbond substituents is 1. The normalized spacial score (nSPS) is 11.5. The molecule has 0 amide bonds. The second-order valence-electron chi connectivity index (χ2n) is 4.54. The van der Waals surface area contributed by atoms with Crippen LogP contribution in [-0.4, -0.2) is 18.8 Å². The Morgan fingerprint density at radius 1 is 1.40 bits per heavy atom. The van der Waals surface area contributed by atoms with Gasteiger partial charge in [0.1, 0.15) is 11.5 Å². The third kappa shape index (κ3) is 3.13. The third-order valence-electron chi connectivity index (χ3n) is 2.51. The first-order valence-electron chi connectivity index (χ1n) is 5.04. The predicted octanol–water partition coefficient (Wildman–Crippen LogP) is 1.93. The van der Waals surface area contributed by atoms with Crippen LogP contribution in [0.25, 0.3) is 0 Å². The highest BCUT2D eigenvalue weighted by molar-refractivity contribution is 5.39. The molecule has 0 radical (unpaired) electrons. The zero-order chi connectivity index (χ0) is 11.5. The molecule has 1 aromatic rings. The highest BCUT2D eigenvalue weighted by Crippen LogP contribution is 2.29. The standard InChI is InChI=1S/C12H19NO2/c1-12(2,8-13)7-9-6-10(15-3)4-5-11(9)14/h4-6,14H,7-8,13H2,1-3H3. The molecule has 0 saturated carbocycles. The number of hydrogen-bond acceptors (Lipinski definition) is 3. The van der Waals surface area contributed by atoms with Gasteiger partial charge in [0, 0.05) is 0 Å². The fourth-order valence-electron chi connectivity index (χ4n) is 1.42. The van der Waals surface area contributed by atoms with Gasteiger partial charge < -0.3 is 15.6 Å². The van der Waals surface area contributed by atoms with Crippen molar-refractivity contribution in [2.24, 2.45) is 11.1 Å². The summed E-state index contributed by atoms with van der Waals surface area (Å²) in [6, 6.07) is 5.25. The van der Waals surface area contributed by atoms with Gasteiger partial charge in [0.2, 0.25) is 0 Å². The van der Waals surface area contributed by atoms with Gasteiger partial charge in [-0.05, 0) is 42.1 Å². The summed E-state index contributed by atoms with van der Waals surface area (Å²) in [6.07, 6.45) is 0.743. The molecule has 0 aliphatic rings. The van der Waals surface area contributed by atoms with Crippen LogP contribution in [0.15, 0.2) is 18.2 Å². The maximum atomic E-state index is 9.69. The molecule has 1 rings (SSSR count). The first-order chi connectivity index (χ1) is 6.98. The summed E-state index contributed by atoms with van der Waals surface area (Å²) < 4.78 is 5.12. The lowest BCUT2D eigenvalue weighted by Gasteiger charge is -2.23. The minimum Gasteiger partial charge on any atom is -0.508 e. The molecule has 0 spiro atoms. The lowest BCUT2D eigenvalue weighted by molar-refractivity contribution is 0.363. The van der Waals surface area contributed by atoms with Crippen molar-refractivity contribution >= 4 is 0 Å². The summed E-state index contributed by atoms with van der Waals surface area (Å²) in [5, 5.41) is 9.69. The maximum Gasteiger partial charge on any atom is 0.119 e. The number of aromatic hydroxyl groups is 1. The molecule has 3 nitrogen and oxygen atoms in total. The average Bonchev–Trinajstić information content (AvgIpc) is 2.21. The highest BCUT2D eigenvalue weighted by Gasteiger charge is 2.18. The van der Waals surface area contributed by atoms with E-state index in [0.29, 0.717) is 12.3 Å². The smallest absolute Gasteiger partial charge is 0.119 e. The molecule has 0 aromatic heterocycles. The van der Waals surface area contributed by atoms with E-state index in [0.717, 1.165) is 17.7 Å². The van der Waals surface area contributed by atoms with Crippen LogP contribution in [0, 0.1) is 5.41 Å². The van der Waals surface area contributed by atoms with E-state index >= 15 is 0 Å². The fourth-order valence-corrected chi connectivity index (χ4v) is 1.42. The minimum atomic E-state index is -0.0101. The molecular weight excluding hydrogens is 190 g/mol. The Hall–Kier alpha value is -1.22. The summed E-state index contributed by atoms with van der Waals surface area (Å²) in [7, 11) is 1.62. The molecule has 0 aliphatic carbocycles. The number of ether oxygens (including phenoxy) is 1. The molecule has 15 heavy (non-hydrogen) atoms. The SMILES string of the molecule is COc1ccc(O)c(CC(C)(C)CN)c1. The molecule has 0 saturated heterocycles. The highest BCUT2D eigenvalue weighted by atomic mass is 16.5. The molecule has 3 N–H and O–H groups in total. The average molecular weight is 209 g/mol. The van der Waals surface area contributed by atoms with Crippen LogP contribution < -0.4 is 10.5 Å². The van der Waals surface area contributed by atoms with Crippen LogP contribution in [-0.2, 0) is 6.42 Å². The molecular formula is C12H19NO2. The van der Waals surface area contributed by atoms with Gasteiger partial charge in [-0.3, -0.25) is 0 Å². The molecule has 0 heterocycles. The Morgan fingerprint density at radius 3 is 2.60 bits per heavy atom. The van der Waals surface area contributed by atoms with Gasteiger partial charge in [-0.25, -0.2) is 0 Å². The van der Waals surface area contributed by atoms with E-state index in [-0.39, 0.29) is 5.41 Å². The zero-order valence-corrected chi connectivity index (χ0v) is 9.58. The van der Waals surface area contributed by atoms with E-state index in [4.69, 9.17) is 10.5 Å². The zero-order valence-electron chi connectivity index (χ0n) is 9.58. The number of nitrogens with two attached hydrogens (primary N) is 1. The molecule has 0 fully saturated rings. The molecule has 0 unspecified atom stereocenters. The predicted molar refractivity (Wildman–Crippen MR) is 61.2 cm³/mol. The summed E-state index contributed by atoms with van der Waals surface area (Å²) in [4.78, 5) is 0. The van der Waals surface area contributed by atoms with Gasteiger partial charge in [0.05, 0.1) is 7.11 Å². The van der Waals surface area contributed by atoms with Crippen molar-refractivity contribution in [2.75, 3.05) is 13.7 Å². The van der Waals surface area contributed by atoms with E-state index in [2.05, 4.69) is 13.8 Å². The maximum absolute atomic E-state index is 9.69. The van der Waals surface area contributed by atoms with Crippen molar-refractivity contribution in [2.45, 2.75) is 20.3 Å². The molecule has 1 aromatic carbocycles. The Morgan fingerprint density at radius 2 is 2.07 bits per heavy atom. The fraction of sp³-hybridized carbons (Fsp3) is 0.500. The number of rotatable bonds is 4. The van der Waals surface area contributed by atoms with Gasteiger partial charge in [0.25, 0.3) is 0 Å². The first kappa shape index (κ1) is 11.9. The van der Waals surface area contributed by atoms with Crippen LogP contribution in [0.1, 0.15) is 19.4 Å². The van der Waals surface area contributed by atoms with Crippen molar-refractivity contribution in [3.63, 3.8) is 0 Å². The minimum absolute atomic E-state index is 0.0101. The summed E-state index contributed by atoms with van der Waals surface area (Å²) in [5.41, 5.74) is 6.53. The molecule has 0 aliphatic heterocycles. The van der Waals surface area contributed by atoms with Gasteiger partial charge in [-0.1, -0.05) is 13.8 Å².